The molecule has 1 heterocycles. The molecule has 0 aliphatic carbocycles. The van der Waals surface area contributed by atoms with Gasteiger partial charge in [-0.1, -0.05) is 30.3 Å². The Hall–Kier alpha value is -4.06. The summed E-state index contributed by atoms with van der Waals surface area (Å²) in [4.78, 5) is 30.9. The maximum absolute atomic E-state index is 13.9. The van der Waals surface area contributed by atoms with Gasteiger partial charge in [0.05, 0.1) is 25.5 Å². The van der Waals surface area contributed by atoms with Gasteiger partial charge >= 0.3 is 0 Å². The summed E-state index contributed by atoms with van der Waals surface area (Å²) in [7, 11) is 3.10. The highest BCUT2D eigenvalue weighted by Gasteiger charge is 2.43. The summed E-state index contributed by atoms with van der Waals surface area (Å²) in [5.74, 6) is 0.305. The molecule has 0 fully saturated rings. The lowest BCUT2D eigenvalue weighted by molar-refractivity contribution is -0.120. The fraction of sp³-hybridized carbons (Fsp3) is 0.214. The molecule has 34 heavy (non-hydrogen) atoms. The van der Waals surface area contributed by atoms with Gasteiger partial charge in [0, 0.05) is 12.2 Å². The number of nitrogens with zero attached hydrogens (tertiary/aromatic N) is 2. The molecule has 0 saturated carbocycles. The van der Waals surface area contributed by atoms with Crippen molar-refractivity contribution in [3.63, 3.8) is 0 Å². The predicted octanol–water partition coefficient (Wildman–Crippen LogP) is 5.13. The van der Waals surface area contributed by atoms with Gasteiger partial charge < -0.3 is 14.4 Å². The molecule has 6 heteroatoms. The van der Waals surface area contributed by atoms with E-state index in [1.807, 2.05) is 74.2 Å². The highest BCUT2D eigenvalue weighted by Crippen LogP contribution is 2.39. The average Bonchev–Trinajstić information content (AvgIpc) is 3.11. The van der Waals surface area contributed by atoms with Gasteiger partial charge in [0.1, 0.15) is 5.70 Å². The molecule has 3 aromatic carbocycles. The number of methoxy groups -OCH3 is 2. The van der Waals surface area contributed by atoms with Crippen LogP contribution in [0.15, 0.2) is 72.4 Å². The Bertz CT molecular complexity index is 1280. The van der Waals surface area contributed by atoms with Gasteiger partial charge in [0.2, 0.25) is 0 Å². The number of amides is 2. The largest absolute Gasteiger partial charge is 0.493 e. The number of rotatable bonds is 7. The number of imide groups is 1. The van der Waals surface area contributed by atoms with Crippen molar-refractivity contribution >= 4 is 28.8 Å². The van der Waals surface area contributed by atoms with Crippen molar-refractivity contribution in [1.29, 1.82) is 0 Å². The van der Waals surface area contributed by atoms with Crippen LogP contribution in [0, 0.1) is 13.8 Å². The SMILES string of the molecule is CCN(C1=C(c2ccc(OC)c(OC)c2)C(=O)N(c2ccc(C)c(C)c2)C1=O)c1ccccc1. The topological polar surface area (TPSA) is 59.1 Å². The number of hydrogen-bond acceptors (Lipinski definition) is 5. The van der Waals surface area contributed by atoms with E-state index in [1.165, 1.54) is 4.90 Å². The molecular formula is C28H28N2O4. The average molecular weight is 457 g/mol. The van der Waals surface area contributed by atoms with Gasteiger partial charge in [0.25, 0.3) is 11.8 Å². The molecule has 0 unspecified atom stereocenters. The summed E-state index contributed by atoms with van der Waals surface area (Å²) in [6.07, 6.45) is 0. The number of likely N-dealkylation sites (N-methyl/N-ethyl adjacent to an activating group) is 1. The summed E-state index contributed by atoms with van der Waals surface area (Å²) in [6.45, 7) is 6.44. The molecule has 3 aromatic rings. The van der Waals surface area contributed by atoms with Crippen LogP contribution in [-0.2, 0) is 9.59 Å². The molecule has 4 rings (SSSR count). The Morgan fingerprint density at radius 1 is 0.794 bits per heavy atom. The van der Waals surface area contributed by atoms with Gasteiger partial charge in [0.15, 0.2) is 11.5 Å². The first-order valence-electron chi connectivity index (χ1n) is 11.2. The first-order valence-corrected chi connectivity index (χ1v) is 11.2. The zero-order valence-corrected chi connectivity index (χ0v) is 20.1. The maximum atomic E-state index is 13.9. The Balaban J connectivity index is 1.93. The van der Waals surface area contributed by atoms with Gasteiger partial charge in [-0.05, 0) is 73.9 Å². The second kappa shape index (κ2) is 9.43. The van der Waals surface area contributed by atoms with Gasteiger partial charge in [-0.25, -0.2) is 4.90 Å². The maximum Gasteiger partial charge on any atom is 0.282 e. The van der Waals surface area contributed by atoms with Crippen LogP contribution >= 0.6 is 0 Å². The molecule has 0 N–H and O–H groups in total. The lowest BCUT2D eigenvalue weighted by atomic mass is 10.0. The van der Waals surface area contributed by atoms with E-state index in [2.05, 4.69) is 0 Å². The lowest BCUT2D eigenvalue weighted by Gasteiger charge is -2.25. The third kappa shape index (κ3) is 3.92. The number of carbonyl (C=O) groups is 2. The first kappa shape index (κ1) is 23.1. The summed E-state index contributed by atoms with van der Waals surface area (Å²) >= 11 is 0. The molecule has 174 valence electrons. The first-order chi connectivity index (χ1) is 16.4. The summed E-state index contributed by atoms with van der Waals surface area (Å²) < 4.78 is 10.8. The van der Waals surface area contributed by atoms with Crippen molar-refractivity contribution in [3.05, 3.63) is 89.1 Å². The van der Waals surface area contributed by atoms with E-state index in [0.29, 0.717) is 40.6 Å². The molecule has 6 nitrogen and oxygen atoms in total. The standard InChI is InChI=1S/C28H28N2O4/c1-6-29(21-10-8-7-9-11-21)26-25(20-13-15-23(33-4)24(17-20)34-5)27(31)30(28(26)32)22-14-12-18(2)19(3)16-22/h7-17H,6H2,1-5H3. The summed E-state index contributed by atoms with van der Waals surface area (Å²) in [5, 5.41) is 0. The molecule has 0 atom stereocenters. The Labute approximate surface area is 200 Å². The fourth-order valence-corrected chi connectivity index (χ4v) is 4.20. The zero-order valence-electron chi connectivity index (χ0n) is 20.1. The Kier molecular flexibility index (Phi) is 6.41. The fourth-order valence-electron chi connectivity index (χ4n) is 4.20. The monoisotopic (exact) mass is 456 g/mol. The van der Waals surface area contributed by atoms with Crippen LogP contribution in [-0.4, -0.2) is 32.6 Å². The third-order valence-electron chi connectivity index (χ3n) is 6.13. The molecular weight excluding hydrogens is 428 g/mol. The van der Waals surface area contributed by atoms with Crippen molar-refractivity contribution in [2.24, 2.45) is 0 Å². The van der Waals surface area contributed by atoms with Crippen LogP contribution in [0.5, 0.6) is 11.5 Å². The van der Waals surface area contributed by atoms with Crippen LogP contribution < -0.4 is 19.3 Å². The van der Waals surface area contributed by atoms with E-state index >= 15 is 0 Å². The second-order valence-electron chi connectivity index (χ2n) is 8.09. The molecule has 0 radical (unpaired) electrons. The number of ether oxygens (including phenoxy) is 2. The third-order valence-corrected chi connectivity index (χ3v) is 6.13. The minimum Gasteiger partial charge on any atom is -0.493 e. The molecule has 1 aliphatic heterocycles. The van der Waals surface area contributed by atoms with Crippen molar-refractivity contribution < 1.29 is 19.1 Å². The molecule has 0 aromatic heterocycles. The quantitative estimate of drug-likeness (QED) is 0.461. The number of benzene rings is 3. The number of para-hydroxylation sites is 1. The number of anilines is 2. The Morgan fingerprint density at radius 2 is 1.50 bits per heavy atom. The molecule has 0 spiro atoms. The van der Waals surface area contributed by atoms with E-state index in [1.54, 1.807) is 32.4 Å². The van der Waals surface area contributed by atoms with Crippen molar-refractivity contribution in [1.82, 2.24) is 0 Å². The van der Waals surface area contributed by atoms with Crippen LogP contribution in [0.1, 0.15) is 23.6 Å². The second-order valence-corrected chi connectivity index (χ2v) is 8.09. The number of carbonyl (C=O) groups excluding carboxylic acids is 2. The van der Waals surface area contributed by atoms with Gasteiger partial charge in [-0.2, -0.15) is 0 Å². The van der Waals surface area contributed by atoms with E-state index in [9.17, 15) is 9.59 Å². The lowest BCUT2D eigenvalue weighted by Crippen LogP contribution is -2.35. The van der Waals surface area contributed by atoms with E-state index in [4.69, 9.17) is 9.47 Å². The predicted molar refractivity (Wildman–Crippen MR) is 134 cm³/mol. The van der Waals surface area contributed by atoms with E-state index < -0.39 is 0 Å². The highest BCUT2D eigenvalue weighted by atomic mass is 16.5. The molecule has 0 saturated heterocycles. The van der Waals surface area contributed by atoms with Gasteiger partial charge in [-0.3, -0.25) is 9.59 Å². The molecule has 0 bridgehead atoms. The van der Waals surface area contributed by atoms with Crippen molar-refractivity contribution in [2.45, 2.75) is 20.8 Å². The van der Waals surface area contributed by atoms with Crippen molar-refractivity contribution in [2.75, 3.05) is 30.6 Å². The van der Waals surface area contributed by atoms with Crippen molar-refractivity contribution in [3.8, 4) is 11.5 Å². The Morgan fingerprint density at radius 3 is 2.12 bits per heavy atom. The zero-order chi connectivity index (χ0) is 24.4. The van der Waals surface area contributed by atoms with Crippen LogP contribution in [0.3, 0.4) is 0 Å². The van der Waals surface area contributed by atoms with Crippen LogP contribution in [0.4, 0.5) is 11.4 Å². The minimum atomic E-state index is -0.371. The van der Waals surface area contributed by atoms with Gasteiger partial charge in [-0.15, -0.1) is 0 Å². The number of hydrogen-bond donors (Lipinski definition) is 0. The summed E-state index contributed by atoms with van der Waals surface area (Å²) in [5.41, 5.74) is 4.74. The summed E-state index contributed by atoms with van der Waals surface area (Å²) in [6, 6.07) is 20.5. The minimum absolute atomic E-state index is 0.329. The molecule has 1 aliphatic rings. The normalized spacial score (nSPS) is 13.5. The van der Waals surface area contributed by atoms with E-state index in [0.717, 1.165) is 16.8 Å². The number of aryl methyl sites for hydroxylation is 2. The van der Waals surface area contributed by atoms with Crippen LogP contribution in [0.25, 0.3) is 5.57 Å². The smallest absolute Gasteiger partial charge is 0.282 e. The highest BCUT2D eigenvalue weighted by molar-refractivity contribution is 6.46. The van der Waals surface area contributed by atoms with Crippen LogP contribution in [0.2, 0.25) is 0 Å². The molecule has 2 amide bonds. The van der Waals surface area contributed by atoms with E-state index in [-0.39, 0.29) is 11.8 Å².